The number of amides is 2. The summed E-state index contributed by atoms with van der Waals surface area (Å²) in [5.41, 5.74) is 6.76. The van der Waals surface area contributed by atoms with Crippen LogP contribution in [-0.4, -0.2) is 24.5 Å². The summed E-state index contributed by atoms with van der Waals surface area (Å²) in [6.45, 7) is 7.49. The zero-order valence-electron chi connectivity index (χ0n) is 16.1. The highest BCUT2D eigenvalue weighted by atomic mass is 16.5. The lowest BCUT2D eigenvalue weighted by Gasteiger charge is -2.16. The number of nitrogens with one attached hydrogen (secondary N) is 2. The average Bonchev–Trinajstić information content (AvgIpc) is 2.64. The third-order valence-electron chi connectivity index (χ3n) is 3.90. The molecule has 0 radical (unpaired) electrons. The van der Waals surface area contributed by atoms with Crippen LogP contribution in [0.1, 0.15) is 37.8 Å². The van der Waals surface area contributed by atoms with E-state index in [1.807, 2.05) is 43.3 Å². The van der Waals surface area contributed by atoms with Crippen LogP contribution >= 0.6 is 0 Å². The Balaban J connectivity index is 1.81. The SMILES string of the molecule is Cc1ccc(C(C)C)c(OCC(=O)NNC(=O)C(C)Oc2ccccc2)c1. The molecule has 2 N–H and O–H groups in total. The largest absolute Gasteiger partial charge is 0.483 e. The number of hydrazine groups is 1. The highest BCUT2D eigenvalue weighted by Crippen LogP contribution is 2.27. The molecule has 0 fully saturated rings. The summed E-state index contributed by atoms with van der Waals surface area (Å²) < 4.78 is 11.1. The van der Waals surface area contributed by atoms with Gasteiger partial charge in [-0.1, -0.05) is 44.2 Å². The van der Waals surface area contributed by atoms with E-state index in [2.05, 4.69) is 24.7 Å². The van der Waals surface area contributed by atoms with Crippen LogP contribution in [0.5, 0.6) is 11.5 Å². The molecule has 0 aliphatic carbocycles. The second-order valence-electron chi connectivity index (χ2n) is 6.60. The molecular weight excluding hydrogens is 344 g/mol. The van der Waals surface area contributed by atoms with E-state index in [-0.39, 0.29) is 12.5 Å². The van der Waals surface area contributed by atoms with Crippen molar-refractivity contribution in [2.75, 3.05) is 6.61 Å². The van der Waals surface area contributed by atoms with E-state index in [4.69, 9.17) is 9.47 Å². The normalized spacial score (nSPS) is 11.6. The van der Waals surface area contributed by atoms with E-state index in [0.717, 1.165) is 11.1 Å². The molecule has 0 saturated carbocycles. The lowest BCUT2D eigenvalue weighted by molar-refractivity contribution is -0.133. The van der Waals surface area contributed by atoms with E-state index < -0.39 is 17.9 Å². The third-order valence-corrected chi connectivity index (χ3v) is 3.90. The molecule has 2 aromatic rings. The van der Waals surface area contributed by atoms with Crippen molar-refractivity contribution >= 4 is 11.8 Å². The van der Waals surface area contributed by atoms with Gasteiger partial charge < -0.3 is 9.47 Å². The van der Waals surface area contributed by atoms with Crippen molar-refractivity contribution in [2.45, 2.75) is 39.7 Å². The molecule has 2 amide bonds. The second-order valence-corrected chi connectivity index (χ2v) is 6.60. The molecule has 0 heterocycles. The van der Waals surface area contributed by atoms with E-state index in [1.165, 1.54) is 0 Å². The number of aryl methyl sites for hydroxylation is 1. The average molecular weight is 370 g/mol. The lowest BCUT2D eigenvalue weighted by atomic mass is 10.0. The zero-order chi connectivity index (χ0) is 19.8. The second kappa shape index (κ2) is 9.62. The molecule has 0 spiro atoms. The summed E-state index contributed by atoms with van der Waals surface area (Å²) in [7, 11) is 0. The Morgan fingerprint density at radius 1 is 1.00 bits per heavy atom. The molecule has 0 aromatic heterocycles. The van der Waals surface area contributed by atoms with Crippen LogP contribution in [0, 0.1) is 6.92 Å². The first kappa shape index (κ1) is 20.3. The van der Waals surface area contributed by atoms with Crippen LogP contribution in [0.2, 0.25) is 0 Å². The van der Waals surface area contributed by atoms with Crippen LogP contribution in [0.25, 0.3) is 0 Å². The van der Waals surface area contributed by atoms with Gasteiger partial charge in [-0.3, -0.25) is 20.4 Å². The zero-order valence-corrected chi connectivity index (χ0v) is 16.1. The van der Waals surface area contributed by atoms with Gasteiger partial charge in [0.25, 0.3) is 11.8 Å². The number of rotatable bonds is 7. The van der Waals surface area contributed by atoms with Gasteiger partial charge in [-0.25, -0.2) is 0 Å². The predicted molar refractivity (Wildman–Crippen MR) is 104 cm³/mol. The van der Waals surface area contributed by atoms with Crippen molar-refractivity contribution in [3.8, 4) is 11.5 Å². The molecule has 27 heavy (non-hydrogen) atoms. The van der Waals surface area contributed by atoms with Crippen LogP contribution in [0.4, 0.5) is 0 Å². The van der Waals surface area contributed by atoms with Crippen LogP contribution < -0.4 is 20.3 Å². The summed E-state index contributed by atoms with van der Waals surface area (Å²) in [6.07, 6.45) is -0.752. The molecule has 0 aliphatic rings. The number of para-hydroxylation sites is 1. The van der Waals surface area contributed by atoms with Crippen LogP contribution in [0.3, 0.4) is 0 Å². The van der Waals surface area contributed by atoms with Gasteiger partial charge in [0.05, 0.1) is 0 Å². The monoisotopic (exact) mass is 370 g/mol. The smallest absolute Gasteiger partial charge is 0.279 e. The molecule has 144 valence electrons. The summed E-state index contributed by atoms with van der Waals surface area (Å²) >= 11 is 0. The Morgan fingerprint density at radius 3 is 2.37 bits per heavy atom. The molecule has 0 aliphatic heterocycles. The Morgan fingerprint density at radius 2 is 1.70 bits per heavy atom. The quantitative estimate of drug-likeness (QED) is 0.734. The molecule has 2 rings (SSSR count). The van der Waals surface area contributed by atoms with Crippen molar-refractivity contribution < 1.29 is 19.1 Å². The molecule has 2 aromatic carbocycles. The maximum absolute atomic E-state index is 12.0. The first-order chi connectivity index (χ1) is 12.9. The van der Waals surface area contributed by atoms with E-state index in [1.54, 1.807) is 19.1 Å². The first-order valence-electron chi connectivity index (χ1n) is 8.90. The Hall–Kier alpha value is -3.02. The molecule has 6 nitrogen and oxygen atoms in total. The number of benzene rings is 2. The number of hydrogen-bond acceptors (Lipinski definition) is 4. The van der Waals surface area contributed by atoms with Crippen molar-refractivity contribution in [1.82, 2.24) is 10.9 Å². The molecule has 0 bridgehead atoms. The van der Waals surface area contributed by atoms with Gasteiger partial charge in [0.1, 0.15) is 11.5 Å². The van der Waals surface area contributed by atoms with E-state index in [0.29, 0.717) is 11.5 Å². The predicted octanol–water partition coefficient (Wildman–Crippen LogP) is 3.11. The molecule has 1 atom stereocenters. The van der Waals surface area contributed by atoms with Crippen molar-refractivity contribution in [3.05, 3.63) is 59.7 Å². The number of carbonyl (C=O) groups excluding carboxylic acids is 2. The standard InChI is InChI=1S/C21H26N2O4/c1-14(2)18-11-10-15(3)12-19(18)26-13-20(24)22-23-21(25)16(4)27-17-8-6-5-7-9-17/h5-12,14,16H,13H2,1-4H3,(H,22,24)(H,23,25). The van der Waals surface area contributed by atoms with Crippen molar-refractivity contribution in [2.24, 2.45) is 0 Å². The molecular formula is C21H26N2O4. The maximum Gasteiger partial charge on any atom is 0.279 e. The van der Waals surface area contributed by atoms with E-state index >= 15 is 0 Å². The van der Waals surface area contributed by atoms with Crippen molar-refractivity contribution in [3.63, 3.8) is 0 Å². The Kier molecular flexibility index (Phi) is 7.23. The number of carbonyl (C=O) groups is 2. The summed E-state index contributed by atoms with van der Waals surface area (Å²) in [5, 5.41) is 0. The maximum atomic E-state index is 12.0. The van der Waals surface area contributed by atoms with Gasteiger partial charge in [0, 0.05) is 0 Å². The summed E-state index contributed by atoms with van der Waals surface area (Å²) in [6, 6.07) is 14.9. The third kappa shape index (κ3) is 6.33. The minimum atomic E-state index is -0.752. The molecule has 1 unspecified atom stereocenters. The highest BCUT2D eigenvalue weighted by Gasteiger charge is 2.16. The fourth-order valence-electron chi connectivity index (χ4n) is 2.41. The number of ether oxygens (including phenoxy) is 2. The van der Waals surface area contributed by atoms with Gasteiger partial charge in [0.2, 0.25) is 0 Å². The van der Waals surface area contributed by atoms with Gasteiger partial charge in [-0.2, -0.15) is 0 Å². The van der Waals surface area contributed by atoms with E-state index in [9.17, 15) is 9.59 Å². The van der Waals surface area contributed by atoms with Gasteiger partial charge >= 0.3 is 0 Å². The summed E-state index contributed by atoms with van der Waals surface area (Å²) in [5.74, 6) is 0.624. The summed E-state index contributed by atoms with van der Waals surface area (Å²) in [4.78, 5) is 24.0. The highest BCUT2D eigenvalue weighted by molar-refractivity contribution is 5.85. The fraction of sp³-hybridized carbons (Fsp3) is 0.333. The minimum Gasteiger partial charge on any atom is -0.483 e. The van der Waals surface area contributed by atoms with Gasteiger partial charge in [-0.05, 0) is 49.1 Å². The van der Waals surface area contributed by atoms with Crippen LogP contribution in [0.15, 0.2) is 48.5 Å². The molecule has 6 heteroatoms. The number of hydrogen-bond donors (Lipinski definition) is 2. The Bertz CT molecular complexity index is 775. The van der Waals surface area contributed by atoms with Crippen molar-refractivity contribution in [1.29, 1.82) is 0 Å². The fourth-order valence-corrected chi connectivity index (χ4v) is 2.41. The van der Waals surface area contributed by atoms with Gasteiger partial charge in [-0.15, -0.1) is 0 Å². The molecule has 0 saturated heterocycles. The lowest BCUT2D eigenvalue weighted by Crippen LogP contribution is -2.48. The topological polar surface area (TPSA) is 76.7 Å². The van der Waals surface area contributed by atoms with Crippen LogP contribution in [-0.2, 0) is 9.59 Å². The first-order valence-corrected chi connectivity index (χ1v) is 8.90. The van der Waals surface area contributed by atoms with Gasteiger partial charge in [0.15, 0.2) is 12.7 Å². The minimum absolute atomic E-state index is 0.197. The Labute approximate surface area is 159 Å².